The first-order valence-electron chi connectivity index (χ1n) is 4.12. The van der Waals surface area contributed by atoms with Gasteiger partial charge in [0.05, 0.1) is 0 Å². The molecule has 0 saturated heterocycles. The van der Waals surface area contributed by atoms with E-state index in [0.717, 1.165) is 6.42 Å². The zero-order valence-corrected chi connectivity index (χ0v) is 8.09. The van der Waals surface area contributed by atoms with Crippen LogP contribution in [0.5, 0.6) is 0 Å². The van der Waals surface area contributed by atoms with Crippen LogP contribution in [0.4, 0.5) is 0 Å². The van der Waals surface area contributed by atoms with E-state index in [1.807, 2.05) is 13.8 Å². The van der Waals surface area contributed by atoms with E-state index in [4.69, 9.17) is 0 Å². The van der Waals surface area contributed by atoms with Crippen molar-refractivity contribution in [2.75, 3.05) is 0 Å². The number of hydrogen-bond donors (Lipinski definition) is 0. The summed E-state index contributed by atoms with van der Waals surface area (Å²) in [6, 6.07) is 0. The molecule has 2 heteroatoms. The summed E-state index contributed by atoms with van der Waals surface area (Å²) in [5.74, 6) is 0. The highest BCUT2D eigenvalue weighted by Gasteiger charge is 2.20. The quantitative estimate of drug-likeness (QED) is 0.353. The van der Waals surface area contributed by atoms with Crippen LogP contribution in [-0.4, -0.2) is 5.60 Å². The van der Waals surface area contributed by atoms with Gasteiger partial charge in [-0.2, -0.15) is 4.89 Å². The smallest absolute Gasteiger partial charge is 0.122 e. The van der Waals surface area contributed by atoms with Crippen molar-refractivity contribution in [3.8, 4) is 0 Å². The van der Waals surface area contributed by atoms with Gasteiger partial charge in [0.25, 0.3) is 0 Å². The molecule has 0 rings (SSSR count). The van der Waals surface area contributed by atoms with Crippen LogP contribution < -0.4 is 0 Å². The third-order valence-corrected chi connectivity index (χ3v) is 1.82. The second kappa shape index (κ2) is 5.12. The van der Waals surface area contributed by atoms with Crippen LogP contribution in [0, 0.1) is 0 Å². The van der Waals surface area contributed by atoms with Crippen molar-refractivity contribution in [1.82, 2.24) is 0 Å². The molecule has 1 radical (unpaired) electrons. The van der Waals surface area contributed by atoms with Gasteiger partial charge in [0.1, 0.15) is 5.60 Å². The third kappa shape index (κ3) is 4.31. The molecule has 0 heterocycles. The molecule has 0 saturated carbocycles. The van der Waals surface area contributed by atoms with Crippen LogP contribution in [0.1, 0.15) is 33.6 Å². The molecule has 0 amide bonds. The second-order valence-electron chi connectivity index (χ2n) is 3.42. The number of allylic oxidation sites excluding steroid dienone is 2. The van der Waals surface area contributed by atoms with Gasteiger partial charge in [-0.15, -0.1) is 6.58 Å². The topological polar surface area (TPSA) is 29.1 Å². The highest BCUT2D eigenvalue weighted by molar-refractivity contribution is 4.98. The van der Waals surface area contributed by atoms with E-state index in [9.17, 15) is 5.26 Å². The van der Waals surface area contributed by atoms with Gasteiger partial charge in [0.15, 0.2) is 0 Å². The molecule has 0 aliphatic heterocycles. The molecule has 69 valence electrons. The Morgan fingerprint density at radius 1 is 1.58 bits per heavy atom. The Hall–Kier alpha value is -0.600. The lowest BCUT2D eigenvalue weighted by molar-refractivity contribution is -0.357. The van der Waals surface area contributed by atoms with E-state index in [-0.39, 0.29) is 0 Å². The molecule has 0 fully saturated rings. The van der Waals surface area contributed by atoms with Gasteiger partial charge < -0.3 is 0 Å². The summed E-state index contributed by atoms with van der Waals surface area (Å²) < 4.78 is 0. The Morgan fingerprint density at radius 2 is 2.17 bits per heavy atom. The lowest BCUT2D eigenvalue weighted by atomic mass is 10.00. The summed E-state index contributed by atoms with van der Waals surface area (Å²) in [6.45, 7) is 9.36. The summed E-state index contributed by atoms with van der Waals surface area (Å²) in [6.07, 6.45) is 5.18. The molecule has 1 atom stereocenters. The zero-order valence-electron chi connectivity index (χ0n) is 8.09. The maximum absolute atomic E-state index is 10.3. The molecular weight excluding hydrogens is 152 g/mol. The fourth-order valence-corrected chi connectivity index (χ4v) is 0.825. The fourth-order valence-electron chi connectivity index (χ4n) is 0.825. The lowest BCUT2D eigenvalue weighted by Gasteiger charge is -2.18. The van der Waals surface area contributed by atoms with E-state index in [1.54, 1.807) is 13.0 Å². The summed E-state index contributed by atoms with van der Waals surface area (Å²) in [5.41, 5.74) is 0.540. The normalized spacial score (nSPS) is 15.0. The van der Waals surface area contributed by atoms with E-state index >= 15 is 0 Å². The number of rotatable bonds is 5. The molecule has 0 bridgehead atoms. The maximum atomic E-state index is 10.3. The van der Waals surface area contributed by atoms with Crippen molar-refractivity contribution in [3.63, 3.8) is 0 Å². The standard InChI is InChI=1S/C10H17O2/c1-5-10(4,12-11)8-6-7-9(2)3/h5,7H,1,6,8H2,2-4H3. The highest BCUT2D eigenvalue weighted by Crippen LogP contribution is 2.18. The molecule has 0 aromatic rings. The molecule has 0 aliphatic rings. The first kappa shape index (κ1) is 11.4. The molecular formula is C10H17O2. The highest BCUT2D eigenvalue weighted by atomic mass is 17.1. The Kier molecular flexibility index (Phi) is 4.86. The van der Waals surface area contributed by atoms with Gasteiger partial charge in [-0.25, -0.2) is 0 Å². The Morgan fingerprint density at radius 3 is 2.50 bits per heavy atom. The van der Waals surface area contributed by atoms with E-state index in [1.165, 1.54) is 5.57 Å². The largest absolute Gasteiger partial charge is 0.193 e. The Labute approximate surface area is 74.5 Å². The Balaban J connectivity index is 3.89. The average Bonchev–Trinajstić information content (AvgIpc) is 2.03. The van der Waals surface area contributed by atoms with Crippen LogP contribution in [0.2, 0.25) is 0 Å². The molecule has 0 aromatic carbocycles. The van der Waals surface area contributed by atoms with E-state index < -0.39 is 5.60 Å². The van der Waals surface area contributed by atoms with Crippen LogP contribution in [0.3, 0.4) is 0 Å². The molecule has 0 aromatic heterocycles. The predicted molar refractivity (Wildman–Crippen MR) is 49.0 cm³/mol. The van der Waals surface area contributed by atoms with Crippen LogP contribution in [-0.2, 0) is 10.1 Å². The first-order valence-corrected chi connectivity index (χ1v) is 4.12. The molecule has 2 nitrogen and oxygen atoms in total. The van der Waals surface area contributed by atoms with Crippen molar-refractivity contribution in [3.05, 3.63) is 24.3 Å². The monoisotopic (exact) mass is 169 g/mol. The van der Waals surface area contributed by atoms with Gasteiger partial charge in [-0.3, -0.25) is 0 Å². The lowest BCUT2D eigenvalue weighted by Crippen LogP contribution is -2.22. The minimum atomic E-state index is -0.716. The van der Waals surface area contributed by atoms with E-state index in [0.29, 0.717) is 6.42 Å². The maximum Gasteiger partial charge on any atom is 0.122 e. The average molecular weight is 169 g/mol. The van der Waals surface area contributed by atoms with Gasteiger partial charge >= 0.3 is 0 Å². The van der Waals surface area contributed by atoms with Crippen molar-refractivity contribution < 1.29 is 10.1 Å². The molecule has 1 unspecified atom stereocenters. The van der Waals surface area contributed by atoms with Crippen LogP contribution in [0.15, 0.2) is 24.3 Å². The minimum absolute atomic E-state index is 0.686. The summed E-state index contributed by atoms with van der Waals surface area (Å²) in [7, 11) is 0. The fraction of sp³-hybridized carbons (Fsp3) is 0.600. The first-order chi connectivity index (χ1) is 5.54. The molecule has 12 heavy (non-hydrogen) atoms. The SMILES string of the molecule is C=CC(C)(CCC=C(C)C)O[O]. The molecule has 0 spiro atoms. The summed E-state index contributed by atoms with van der Waals surface area (Å²) >= 11 is 0. The van der Waals surface area contributed by atoms with Crippen LogP contribution >= 0.6 is 0 Å². The van der Waals surface area contributed by atoms with Crippen molar-refractivity contribution in [2.45, 2.75) is 39.2 Å². The van der Waals surface area contributed by atoms with Gasteiger partial charge in [-0.05, 0) is 38.9 Å². The van der Waals surface area contributed by atoms with Gasteiger partial charge in [0, 0.05) is 0 Å². The summed E-state index contributed by atoms with van der Waals surface area (Å²) in [5, 5.41) is 10.3. The molecule has 0 N–H and O–H groups in total. The van der Waals surface area contributed by atoms with E-state index in [2.05, 4.69) is 17.5 Å². The zero-order chi connectivity index (χ0) is 9.61. The second-order valence-corrected chi connectivity index (χ2v) is 3.42. The third-order valence-electron chi connectivity index (χ3n) is 1.82. The minimum Gasteiger partial charge on any atom is -0.193 e. The van der Waals surface area contributed by atoms with Crippen molar-refractivity contribution in [2.24, 2.45) is 0 Å². The number of hydrogen-bond acceptors (Lipinski definition) is 1. The molecule has 0 aliphatic carbocycles. The Bertz CT molecular complexity index is 169. The van der Waals surface area contributed by atoms with Crippen LogP contribution in [0.25, 0.3) is 0 Å². The predicted octanol–water partition coefficient (Wildman–Crippen LogP) is 3.04. The van der Waals surface area contributed by atoms with Crippen molar-refractivity contribution >= 4 is 0 Å². The van der Waals surface area contributed by atoms with Gasteiger partial charge in [0.2, 0.25) is 0 Å². The summed E-state index contributed by atoms with van der Waals surface area (Å²) in [4.78, 5) is 4.07. The van der Waals surface area contributed by atoms with Crippen molar-refractivity contribution in [1.29, 1.82) is 0 Å². The van der Waals surface area contributed by atoms with Gasteiger partial charge in [-0.1, -0.05) is 17.7 Å².